The topological polar surface area (TPSA) is 103 Å². The number of nitrogens with one attached hydrogen (secondary N) is 1. The molecule has 37 heavy (non-hydrogen) atoms. The maximum Gasteiger partial charge on any atom is 0.265 e. The van der Waals surface area contributed by atoms with E-state index < -0.39 is 22.5 Å². The lowest BCUT2D eigenvalue weighted by molar-refractivity contribution is -0.119. The van der Waals surface area contributed by atoms with Gasteiger partial charge in [-0.2, -0.15) is 0 Å². The van der Waals surface area contributed by atoms with Gasteiger partial charge in [-0.15, -0.1) is 0 Å². The van der Waals surface area contributed by atoms with Crippen molar-refractivity contribution < 1.29 is 32.2 Å². The molecule has 11 heteroatoms. The van der Waals surface area contributed by atoms with Gasteiger partial charge in [0.05, 0.1) is 38.5 Å². The first-order valence-corrected chi connectivity index (χ1v) is 13.1. The fourth-order valence-corrected chi connectivity index (χ4v) is 5.05. The van der Waals surface area contributed by atoms with Crippen LogP contribution in [-0.4, -0.2) is 55.4 Å². The summed E-state index contributed by atoms with van der Waals surface area (Å²) < 4.78 is 50.0. The average Bonchev–Trinajstić information content (AvgIpc) is 2.90. The standard InChI is InChI=1S/C26H29ClN2O7S/c1-18-5-8-20(9-6-18)36-14-13-28-26(30)17-29(22-15-19(27)7-11-23(22)33-2)37(31,32)21-10-12-24(34-3)25(16-21)35-4/h5-12,15-16H,13-14,17H2,1-4H3,(H,28,30). The van der Waals surface area contributed by atoms with Crippen LogP contribution in [0.4, 0.5) is 5.69 Å². The number of carbonyl (C=O) groups is 1. The van der Waals surface area contributed by atoms with Crippen molar-refractivity contribution in [1.29, 1.82) is 0 Å². The van der Waals surface area contributed by atoms with Gasteiger partial charge in [0.2, 0.25) is 5.91 Å². The molecule has 9 nitrogen and oxygen atoms in total. The molecular weight excluding hydrogens is 520 g/mol. The van der Waals surface area contributed by atoms with E-state index in [0.717, 1.165) is 9.87 Å². The van der Waals surface area contributed by atoms with Crippen molar-refractivity contribution in [3.05, 3.63) is 71.2 Å². The van der Waals surface area contributed by atoms with E-state index in [4.69, 9.17) is 30.5 Å². The van der Waals surface area contributed by atoms with Gasteiger partial charge in [-0.3, -0.25) is 9.10 Å². The van der Waals surface area contributed by atoms with E-state index in [2.05, 4.69) is 5.32 Å². The molecule has 0 fully saturated rings. The second-order valence-electron chi connectivity index (χ2n) is 7.86. The number of hydrogen-bond acceptors (Lipinski definition) is 7. The van der Waals surface area contributed by atoms with E-state index in [1.54, 1.807) is 6.07 Å². The van der Waals surface area contributed by atoms with Gasteiger partial charge in [-0.1, -0.05) is 29.3 Å². The van der Waals surface area contributed by atoms with Gasteiger partial charge >= 0.3 is 0 Å². The van der Waals surface area contributed by atoms with E-state index in [-0.39, 0.29) is 40.3 Å². The highest BCUT2D eigenvalue weighted by atomic mass is 35.5. The molecule has 0 aliphatic rings. The number of aryl methyl sites for hydroxylation is 1. The number of ether oxygens (including phenoxy) is 4. The molecule has 1 N–H and O–H groups in total. The summed E-state index contributed by atoms with van der Waals surface area (Å²) in [6.45, 7) is 1.82. The summed E-state index contributed by atoms with van der Waals surface area (Å²) >= 11 is 6.18. The first-order chi connectivity index (χ1) is 17.7. The van der Waals surface area contributed by atoms with Crippen LogP contribution in [-0.2, 0) is 14.8 Å². The first-order valence-electron chi connectivity index (χ1n) is 11.2. The molecule has 3 aromatic carbocycles. The van der Waals surface area contributed by atoms with E-state index >= 15 is 0 Å². The number of carbonyl (C=O) groups excluding carboxylic acids is 1. The highest BCUT2D eigenvalue weighted by Gasteiger charge is 2.30. The molecule has 0 spiro atoms. The highest BCUT2D eigenvalue weighted by Crippen LogP contribution is 2.36. The summed E-state index contributed by atoms with van der Waals surface area (Å²) in [7, 11) is -0.0201. The van der Waals surface area contributed by atoms with Gasteiger partial charge in [0.15, 0.2) is 11.5 Å². The molecule has 0 saturated heterocycles. The Bertz CT molecular complexity index is 1330. The molecule has 0 heterocycles. The van der Waals surface area contributed by atoms with Crippen molar-refractivity contribution in [1.82, 2.24) is 5.32 Å². The molecule has 0 unspecified atom stereocenters. The summed E-state index contributed by atoms with van der Waals surface area (Å²) in [5.74, 6) is 0.933. The minimum absolute atomic E-state index is 0.107. The fraction of sp³-hybridized carbons (Fsp3) is 0.269. The molecule has 0 bridgehead atoms. The Hall–Kier alpha value is -3.63. The molecule has 1 amide bonds. The van der Waals surface area contributed by atoms with Crippen molar-refractivity contribution >= 4 is 33.2 Å². The second kappa shape index (κ2) is 12.6. The number of benzene rings is 3. The second-order valence-corrected chi connectivity index (χ2v) is 10.2. The summed E-state index contributed by atoms with van der Waals surface area (Å²) in [5.41, 5.74) is 1.21. The van der Waals surface area contributed by atoms with Gasteiger partial charge < -0.3 is 24.3 Å². The minimum atomic E-state index is -4.27. The number of hydrogen-bond donors (Lipinski definition) is 1. The Morgan fingerprint density at radius 1 is 0.892 bits per heavy atom. The van der Waals surface area contributed by atoms with Crippen LogP contribution >= 0.6 is 11.6 Å². The van der Waals surface area contributed by atoms with Crippen LogP contribution in [0.25, 0.3) is 0 Å². The fourth-order valence-electron chi connectivity index (χ4n) is 3.44. The molecule has 0 saturated carbocycles. The van der Waals surface area contributed by atoms with Gasteiger partial charge in [0, 0.05) is 11.1 Å². The maximum absolute atomic E-state index is 13.8. The highest BCUT2D eigenvalue weighted by molar-refractivity contribution is 7.92. The Balaban J connectivity index is 1.85. The van der Waals surface area contributed by atoms with Crippen LogP contribution in [0.3, 0.4) is 0 Å². The molecule has 0 aliphatic carbocycles. The van der Waals surface area contributed by atoms with Crippen molar-refractivity contribution in [2.45, 2.75) is 11.8 Å². The van der Waals surface area contributed by atoms with E-state index in [1.165, 1.54) is 51.7 Å². The summed E-state index contributed by atoms with van der Waals surface area (Å²) in [6, 6.07) is 16.2. The van der Waals surface area contributed by atoms with Crippen molar-refractivity contribution in [3.8, 4) is 23.0 Å². The monoisotopic (exact) mass is 548 g/mol. The van der Waals surface area contributed by atoms with Crippen LogP contribution in [0, 0.1) is 6.92 Å². The third-order valence-corrected chi connectivity index (χ3v) is 7.34. The van der Waals surface area contributed by atoms with Crippen molar-refractivity contribution in [2.75, 3.05) is 45.3 Å². The Labute approximate surface area is 221 Å². The van der Waals surface area contributed by atoms with E-state index in [0.29, 0.717) is 11.5 Å². The van der Waals surface area contributed by atoms with Crippen LogP contribution < -0.4 is 28.6 Å². The maximum atomic E-state index is 13.8. The quantitative estimate of drug-likeness (QED) is 0.340. The lowest BCUT2D eigenvalue weighted by Crippen LogP contribution is -2.42. The zero-order valence-electron chi connectivity index (χ0n) is 21.0. The third kappa shape index (κ3) is 6.99. The average molecular weight is 549 g/mol. The molecule has 198 valence electrons. The van der Waals surface area contributed by atoms with Gasteiger partial charge in [0.25, 0.3) is 10.0 Å². The predicted molar refractivity (Wildman–Crippen MR) is 142 cm³/mol. The molecule has 0 aliphatic heterocycles. The van der Waals surface area contributed by atoms with Crippen LogP contribution in [0.1, 0.15) is 5.56 Å². The number of amides is 1. The summed E-state index contributed by atoms with van der Waals surface area (Å²) in [6.07, 6.45) is 0. The number of nitrogens with zero attached hydrogens (tertiary/aromatic N) is 1. The molecule has 0 atom stereocenters. The SMILES string of the molecule is COc1ccc(S(=O)(=O)N(CC(=O)NCCOc2ccc(C)cc2)c2cc(Cl)ccc2OC)cc1OC. The summed E-state index contributed by atoms with van der Waals surface area (Å²) in [5, 5.41) is 2.97. The molecule has 3 aromatic rings. The third-order valence-electron chi connectivity index (χ3n) is 5.35. The number of halogens is 1. The number of sulfonamides is 1. The van der Waals surface area contributed by atoms with Crippen LogP contribution in [0.2, 0.25) is 5.02 Å². The number of anilines is 1. The normalized spacial score (nSPS) is 10.9. The van der Waals surface area contributed by atoms with Crippen LogP contribution in [0.15, 0.2) is 65.6 Å². The predicted octanol–water partition coefficient (Wildman–Crippen LogP) is 4.06. The lowest BCUT2D eigenvalue weighted by atomic mass is 10.2. The van der Waals surface area contributed by atoms with E-state index in [9.17, 15) is 13.2 Å². The van der Waals surface area contributed by atoms with Gasteiger partial charge in [-0.05, 0) is 49.4 Å². The van der Waals surface area contributed by atoms with Gasteiger partial charge in [-0.25, -0.2) is 8.42 Å². The molecule has 3 rings (SSSR count). The number of rotatable bonds is 12. The lowest BCUT2D eigenvalue weighted by Gasteiger charge is -2.26. The minimum Gasteiger partial charge on any atom is -0.495 e. The largest absolute Gasteiger partial charge is 0.495 e. The molecule has 0 aromatic heterocycles. The molecular formula is C26H29ClN2O7S. The number of methoxy groups -OCH3 is 3. The summed E-state index contributed by atoms with van der Waals surface area (Å²) in [4.78, 5) is 12.8. The molecule has 0 radical (unpaired) electrons. The van der Waals surface area contributed by atoms with Crippen molar-refractivity contribution in [2.24, 2.45) is 0 Å². The zero-order chi connectivity index (χ0) is 27.0. The Morgan fingerprint density at radius 3 is 2.19 bits per heavy atom. The van der Waals surface area contributed by atoms with E-state index in [1.807, 2.05) is 31.2 Å². The van der Waals surface area contributed by atoms with Crippen molar-refractivity contribution in [3.63, 3.8) is 0 Å². The van der Waals surface area contributed by atoms with Crippen LogP contribution in [0.5, 0.6) is 23.0 Å². The first kappa shape index (κ1) is 27.9. The smallest absolute Gasteiger partial charge is 0.265 e. The zero-order valence-corrected chi connectivity index (χ0v) is 22.6. The van der Waals surface area contributed by atoms with Gasteiger partial charge in [0.1, 0.15) is 24.7 Å². The Morgan fingerprint density at radius 2 is 1.54 bits per heavy atom. The Kier molecular flexibility index (Phi) is 9.48.